The van der Waals surface area contributed by atoms with Gasteiger partial charge in [0.2, 0.25) is 0 Å². The van der Waals surface area contributed by atoms with E-state index < -0.39 is 0 Å². The van der Waals surface area contributed by atoms with Crippen molar-refractivity contribution in [2.24, 2.45) is 5.73 Å². The first kappa shape index (κ1) is 11.3. The molecule has 0 fully saturated rings. The molecule has 0 aromatic heterocycles. The monoisotopic (exact) mass is 233 g/mol. The standard InChI is InChI=1S/C9H9Cl2NO2/c1-14-9-6(8(13)4-12)2-5(10)3-7(9)11/h2-3H,4,12H2,1H3. The van der Waals surface area contributed by atoms with Crippen LogP contribution in [0.25, 0.3) is 0 Å². The topological polar surface area (TPSA) is 52.3 Å². The number of benzene rings is 1. The fourth-order valence-corrected chi connectivity index (χ4v) is 1.66. The van der Waals surface area contributed by atoms with Gasteiger partial charge in [-0.05, 0) is 12.1 Å². The zero-order valence-corrected chi connectivity index (χ0v) is 9.02. The highest BCUT2D eigenvalue weighted by Crippen LogP contribution is 2.32. The van der Waals surface area contributed by atoms with E-state index in [-0.39, 0.29) is 12.3 Å². The molecule has 0 aliphatic carbocycles. The fraction of sp³-hybridized carbons (Fsp3) is 0.222. The van der Waals surface area contributed by atoms with E-state index in [0.29, 0.717) is 21.4 Å². The lowest BCUT2D eigenvalue weighted by atomic mass is 10.1. The van der Waals surface area contributed by atoms with Crippen LogP contribution in [0, 0.1) is 0 Å². The molecular weight excluding hydrogens is 225 g/mol. The van der Waals surface area contributed by atoms with Gasteiger partial charge in [0.05, 0.1) is 24.2 Å². The van der Waals surface area contributed by atoms with E-state index in [1.165, 1.54) is 19.2 Å². The van der Waals surface area contributed by atoms with Gasteiger partial charge in [0, 0.05) is 5.02 Å². The number of carbonyl (C=O) groups is 1. The molecule has 0 aliphatic heterocycles. The quantitative estimate of drug-likeness (QED) is 0.815. The maximum atomic E-state index is 11.4. The Morgan fingerprint density at radius 2 is 2.14 bits per heavy atom. The lowest BCUT2D eigenvalue weighted by Crippen LogP contribution is -2.14. The van der Waals surface area contributed by atoms with Crippen molar-refractivity contribution in [3.05, 3.63) is 27.7 Å². The Hall–Kier alpha value is -0.770. The van der Waals surface area contributed by atoms with Crippen molar-refractivity contribution in [1.29, 1.82) is 0 Å². The molecule has 0 unspecified atom stereocenters. The van der Waals surface area contributed by atoms with Gasteiger partial charge >= 0.3 is 0 Å². The minimum Gasteiger partial charge on any atom is -0.494 e. The molecule has 3 nitrogen and oxygen atoms in total. The Balaban J connectivity index is 3.32. The third-order valence-corrected chi connectivity index (χ3v) is 2.20. The number of hydrogen-bond acceptors (Lipinski definition) is 3. The van der Waals surface area contributed by atoms with Crippen molar-refractivity contribution in [3.8, 4) is 5.75 Å². The molecule has 0 aliphatic rings. The number of Topliss-reactive ketones (excluding diaryl/α,β-unsaturated/α-hetero) is 1. The van der Waals surface area contributed by atoms with Crippen molar-refractivity contribution in [1.82, 2.24) is 0 Å². The number of methoxy groups -OCH3 is 1. The van der Waals surface area contributed by atoms with Crippen LogP contribution in [0.3, 0.4) is 0 Å². The molecule has 1 aromatic carbocycles. The van der Waals surface area contributed by atoms with Gasteiger partial charge in [-0.25, -0.2) is 0 Å². The van der Waals surface area contributed by atoms with Crippen LogP contribution in [0.2, 0.25) is 10.0 Å². The summed E-state index contributed by atoms with van der Waals surface area (Å²) in [6, 6.07) is 3.00. The summed E-state index contributed by atoms with van der Waals surface area (Å²) in [6.07, 6.45) is 0. The number of carbonyl (C=O) groups excluding carboxylic acids is 1. The van der Waals surface area contributed by atoms with Crippen LogP contribution < -0.4 is 10.5 Å². The SMILES string of the molecule is COc1c(Cl)cc(Cl)cc1C(=O)CN. The summed E-state index contributed by atoms with van der Waals surface area (Å²) in [5, 5.41) is 0.685. The van der Waals surface area contributed by atoms with E-state index in [4.69, 9.17) is 33.7 Å². The first-order valence-corrected chi connectivity index (χ1v) is 4.62. The predicted octanol–water partition coefficient (Wildman–Crippen LogP) is 2.14. The number of rotatable bonds is 3. The van der Waals surface area contributed by atoms with Gasteiger partial charge in [0.25, 0.3) is 0 Å². The maximum absolute atomic E-state index is 11.4. The lowest BCUT2D eigenvalue weighted by Gasteiger charge is -2.08. The molecule has 0 bridgehead atoms. The molecule has 0 spiro atoms. The number of ether oxygens (including phenoxy) is 1. The van der Waals surface area contributed by atoms with Crippen molar-refractivity contribution in [2.75, 3.05) is 13.7 Å². The van der Waals surface area contributed by atoms with E-state index in [9.17, 15) is 4.79 Å². The highest BCUT2D eigenvalue weighted by atomic mass is 35.5. The van der Waals surface area contributed by atoms with Crippen LogP contribution in [-0.4, -0.2) is 19.4 Å². The van der Waals surface area contributed by atoms with Gasteiger partial charge in [-0.3, -0.25) is 4.79 Å². The molecule has 76 valence electrons. The van der Waals surface area contributed by atoms with E-state index in [1.54, 1.807) is 0 Å². The molecule has 2 N–H and O–H groups in total. The van der Waals surface area contributed by atoms with E-state index in [2.05, 4.69) is 0 Å². The van der Waals surface area contributed by atoms with Crippen molar-refractivity contribution in [2.45, 2.75) is 0 Å². The summed E-state index contributed by atoms with van der Waals surface area (Å²) < 4.78 is 4.99. The third-order valence-electron chi connectivity index (χ3n) is 1.70. The minimum absolute atomic E-state index is 0.104. The molecule has 0 radical (unpaired) electrons. The molecule has 5 heteroatoms. The Morgan fingerprint density at radius 1 is 1.50 bits per heavy atom. The molecular formula is C9H9Cl2NO2. The zero-order valence-electron chi connectivity index (χ0n) is 7.51. The summed E-state index contributed by atoms with van der Waals surface area (Å²) in [6.45, 7) is -0.104. The Morgan fingerprint density at radius 3 is 2.64 bits per heavy atom. The first-order valence-electron chi connectivity index (χ1n) is 3.86. The van der Waals surface area contributed by atoms with Gasteiger partial charge in [0.1, 0.15) is 5.75 Å². The molecule has 0 saturated heterocycles. The molecule has 0 heterocycles. The number of nitrogens with two attached hydrogens (primary N) is 1. The molecule has 0 atom stereocenters. The Labute approximate surface area is 91.7 Å². The summed E-state index contributed by atoms with van der Waals surface area (Å²) >= 11 is 11.6. The smallest absolute Gasteiger partial charge is 0.180 e. The van der Waals surface area contributed by atoms with Gasteiger partial charge in [-0.15, -0.1) is 0 Å². The van der Waals surface area contributed by atoms with Gasteiger partial charge in [-0.1, -0.05) is 23.2 Å². The first-order chi connectivity index (χ1) is 6.60. The van der Waals surface area contributed by atoms with Crippen LogP contribution >= 0.6 is 23.2 Å². The normalized spacial score (nSPS) is 10.0. The van der Waals surface area contributed by atoms with Crippen LogP contribution in [-0.2, 0) is 0 Å². The Bertz CT molecular complexity index is 366. The summed E-state index contributed by atoms with van der Waals surface area (Å²) in [7, 11) is 1.43. The highest BCUT2D eigenvalue weighted by molar-refractivity contribution is 6.36. The van der Waals surface area contributed by atoms with Crippen LogP contribution in [0.1, 0.15) is 10.4 Å². The number of hydrogen-bond donors (Lipinski definition) is 1. The van der Waals surface area contributed by atoms with Gasteiger partial charge in [-0.2, -0.15) is 0 Å². The second-order valence-electron chi connectivity index (χ2n) is 2.60. The molecule has 0 saturated carbocycles. The molecule has 0 amide bonds. The van der Waals surface area contributed by atoms with E-state index in [0.717, 1.165) is 0 Å². The zero-order chi connectivity index (χ0) is 10.7. The summed E-state index contributed by atoms with van der Waals surface area (Å²) in [5.41, 5.74) is 5.55. The van der Waals surface area contributed by atoms with Gasteiger partial charge < -0.3 is 10.5 Å². The third kappa shape index (κ3) is 2.18. The average Bonchev–Trinajstić information content (AvgIpc) is 2.15. The number of halogens is 2. The van der Waals surface area contributed by atoms with Crippen LogP contribution in [0.5, 0.6) is 5.75 Å². The van der Waals surface area contributed by atoms with E-state index >= 15 is 0 Å². The maximum Gasteiger partial charge on any atom is 0.180 e. The Kier molecular flexibility index (Phi) is 3.75. The van der Waals surface area contributed by atoms with Crippen LogP contribution in [0.4, 0.5) is 0 Å². The fourth-order valence-electron chi connectivity index (χ4n) is 1.08. The van der Waals surface area contributed by atoms with Crippen molar-refractivity contribution < 1.29 is 9.53 Å². The molecule has 14 heavy (non-hydrogen) atoms. The van der Waals surface area contributed by atoms with Crippen molar-refractivity contribution >= 4 is 29.0 Å². The summed E-state index contributed by atoms with van der Waals surface area (Å²) in [4.78, 5) is 11.4. The van der Waals surface area contributed by atoms with Crippen molar-refractivity contribution in [3.63, 3.8) is 0 Å². The second-order valence-corrected chi connectivity index (χ2v) is 3.44. The van der Waals surface area contributed by atoms with E-state index in [1.807, 2.05) is 0 Å². The lowest BCUT2D eigenvalue weighted by molar-refractivity contribution is 0.0998. The largest absolute Gasteiger partial charge is 0.494 e. The van der Waals surface area contributed by atoms with Crippen LogP contribution in [0.15, 0.2) is 12.1 Å². The number of ketones is 1. The molecule has 1 rings (SSSR count). The second kappa shape index (κ2) is 4.64. The summed E-state index contributed by atoms with van der Waals surface area (Å²) in [5.74, 6) is 0.0535. The molecule has 1 aromatic rings. The minimum atomic E-state index is -0.258. The predicted molar refractivity (Wildman–Crippen MR) is 56.4 cm³/mol. The highest BCUT2D eigenvalue weighted by Gasteiger charge is 2.14. The van der Waals surface area contributed by atoms with Gasteiger partial charge in [0.15, 0.2) is 5.78 Å². The average molecular weight is 234 g/mol.